The molecule has 0 aromatic carbocycles. The van der Waals surface area contributed by atoms with Crippen LogP contribution in [0.5, 0.6) is 0 Å². The third kappa shape index (κ3) is 2.42. The molecular formula is C10H21NO2. The molecular weight excluding hydrogens is 166 g/mol. The van der Waals surface area contributed by atoms with Crippen LogP contribution in [0.3, 0.4) is 0 Å². The topological polar surface area (TPSA) is 55.5 Å². The van der Waals surface area contributed by atoms with E-state index >= 15 is 0 Å². The zero-order valence-electron chi connectivity index (χ0n) is 8.62. The van der Waals surface area contributed by atoms with Crippen molar-refractivity contribution in [3.05, 3.63) is 0 Å². The number of ether oxygens (including phenoxy) is 1. The van der Waals surface area contributed by atoms with Gasteiger partial charge in [-0.15, -0.1) is 0 Å². The molecule has 0 heterocycles. The first-order valence-electron chi connectivity index (χ1n) is 5.06. The maximum absolute atomic E-state index is 10.3. The molecule has 78 valence electrons. The maximum atomic E-state index is 10.3. The second-order valence-electron chi connectivity index (χ2n) is 4.15. The Hall–Kier alpha value is -0.120. The summed E-state index contributed by atoms with van der Waals surface area (Å²) in [5.41, 5.74) is 4.99. The summed E-state index contributed by atoms with van der Waals surface area (Å²) in [7, 11) is 1.69. The van der Waals surface area contributed by atoms with Crippen molar-refractivity contribution in [1.29, 1.82) is 0 Å². The van der Waals surface area contributed by atoms with Gasteiger partial charge >= 0.3 is 0 Å². The molecule has 1 saturated carbocycles. The highest BCUT2D eigenvalue weighted by atomic mass is 16.5. The van der Waals surface area contributed by atoms with Crippen LogP contribution < -0.4 is 5.73 Å². The van der Waals surface area contributed by atoms with Crippen LogP contribution in [0, 0.1) is 11.8 Å². The lowest BCUT2D eigenvalue weighted by Gasteiger charge is -2.33. The second-order valence-corrected chi connectivity index (χ2v) is 4.15. The lowest BCUT2D eigenvalue weighted by molar-refractivity contribution is -0.0339. The van der Waals surface area contributed by atoms with Crippen LogP contribution in [-0.2, 0) is 4.74 Å². The fourth-order valence-electron chi connectivity index (χ4n) is 1.90. The average Bonchev–Trinajstić information content (AvgIpc) is 2.96. The number of methoxy groups -OCH3 is 1. The molecule has 1 aliphatic carbocycles. The van der Waals surface area contributed by atoms with Crippen LogP contribution in [0.4, 0.5) is 0 Å². The summed E-state index contributed by atoms with van der Waals surface area (Å²) >= 11 is 0. The Bertz CT molecular complexity index is 159. The van der Waals surface area contributed by atoms with E-state index in [1.165, 1.54) is 0 Å². The van der Waals surface area contributed by atoms with Crippen LogP contribution >= 0.6 is 0 Å². The molecule has 2 atom stereocenters. The second kappa shape index (κ2) is 4.40. The van der Waals surface area contributed by atoms with Gasteiger partial charge in [-0.3, -0.25) is 0 Å². The van der Waals surface area contributed by atoms with Gasteiger partial charge in [-0.2, -0.15) is 0 Å². The number of aliphatic hydroxyl groups is 1. The van der Waals surface area contributed by atoms with Crippen molar-refractivity contribution < 1.29 is 9.84 Å². The van der Waals surface area contributed by atoms with Crippen molar-refractivity contribution in [2.45, 2.75) is 31.8 Å². The van der Waals surface area contributed by atoms with Gasteiger partial charge < -0.3 is 15.6 Å². The largest absolute Gasteiger partial charge is 0.388 e. The summed E-state index contributed by atoms with van der Waals surface area (Å²) < 4.78 is 5.00. The Balaban J connectivity index is 2.43. The molecule has 0 radical (unpaired) electrons. The zero-order valence-corrected chi connectivity index (χ0v) is 8.62. The molecule has 3 N–H and O–H groups in total. The highest BCUT2D eigenvalue weighted by molar-refractivity contribution is 4.98. The minimum Gasteiger partial charge on any atom is -0.388 e. The SMILES string of the molecule is COCCC(C)C(O)(CN)C1CC1. The van der Waals surface area contributed by atoms with Crippen molar-refractivity contribution in [1.82, 2.24) is 0 Å². The summed E-state index contributed by atoms with van der Waals surface area (Å²) in [6.07, 6.45) is 3.15. The lowest BCUT2D eigenvalue weighted by atomic mass is 9.82. The van der Waals surface area contributed by atoms with E-state index in [1.54, 1.807) is 7.11 Å². The van der Waals surface area contributed by atoms with Gasteiger partial charge in [0, 0.05) is 20.3 Å². The zero-order chi connectivity index (χ0) is 9.90. The van der Waals surface area contributed by atoms with E-state index in [0.29, 0.717) is 19.1 Å². The molecule has 13 heavy (non-hydrogen) atoms. The Labute approximate surface area is 80.3 Å². The van der Waals surface area contributed by atoms with Crippen LogP contribution in [0.15, 0.2) is 0 Å². The Morgan fingerprint density at radius 2 is 2.23 bits per heavy atom. The van der Waals surface area contributed by atoms with Crippen LogP contribution in [0.2, 0.25) is 0 Å². The molecule has 0 bridgehead atoms. The molecule has 0 aromatic rings. The molecule has 3 nitrogen and oxygen atoms in total. The van der Waals surface area contributed by atoms with E-state index in [2.05, 4.69) is 6.92 Å². The van der Waals surface area contributed by atoms with Crippen molar-refractivity contribution in [3.63, 3.8) is 0 Å². The first kappa shape index (κ1) is 11.0. The Morgan fingerprint density at radius 3 is 2.62 bits per heavy atom. The molecule has 3 heteroatoms. The smallest absolute Gasteiger partial charge is 0.0823 e. The molecule has 1 fully saturated rings. The molecule has 0 saturated heterocycles. The van der Waals surface area contributed by atoms with Gasteiger partial charge in [0.25, 0.3) is 0 Å². The first-order chi connectivity index (χ1) is 6.15. The normalized spacial score (nSPS) is 24.0. The maximum Gasteiger partial charge on any atom is 0.0823 e. The van der Waals surface area contributed by atoms with Gasteiger partial charge in [-0.05, 0) is 31.1 Å². The predicted molar refractivity (Wildman–Crippen MR) is 52.4 cm³/mol. The Kier molecular flexibility index (Phi) is 3.71. The van der Waals surface area contributed by atoms with Gasteiger partial charge in [-0.1, -0.05) is 6.92 Å². The van der Waals surface area contributed by atoms with Crippen molar-refractivity contribution in [2.75, 3.05) is 20.3 Å². The van der Waals surface area contributed by atoms with Crippen molar-refractivity contribution >= 4 is 0 Å². The van der Waals surface area contributed by atoms with E-state index in [-0.39, 0.29) is 5.92 Å². The first-order valence-corrected chi connectivity index (χ1v) is 5.06. The highest BCUT2D eigenvalue weighted by Gasteiger charge is 2.46. The fraction of sp³-hybridized carbons (Fsp3) is 1.00. The quantitative estimate of drug-likeness (QED) is 0.645. The van der Waals surface area contributed by atoms with Crippen molar-refractivity contribution in [3.8, 4) is 0 Å². The van der Waals surface area contributed by atoms with Crippen LogP contribution in [-0.4, -0.2) is 31.0 Å². The summed E-state index contributed by atoms with van der Waals surface area (Å²) in [5.74, 6) is 0.675. The van der Waals surface area contributed by atoms with Gasteiger partial charge in [0.1, 0.15) is 0 Å². The van der Waals surface area contributed by atoms with Gasteiger partial charge in [0.15, 0.2) is 0 Å². The summed E-state index contributed by atoms with van der Waals surface area (Å²) in [4.78, 5) is 0. The third-order valence-electron chi connectivity index (χ3n) is 3.22. The number of hydrogen-bond donors (Lipinski definition) is 2. The number of nitrogens with two attached hydrogens (primary N) is 1. The minimum atomic E-state index is -0.640. The number of hydrogen-bond acceptors (Lipinski definition) is 3. The van der Waals surface area contributed by atoms with Gasteiger partial charge in [0.05, 0.1) is 5.60 Å². The Morgan fingerprint density at radius 1 is 1.62 bits per heavy atom. The van der Waals surface area contributed by atoms with E-state index in [0.717, 1.165) is 19.3 Å². The standard InChI is InChI=1S/C10H21NO2/c1-8(5-6-13-2)10(12,7-11)9-3-4-9/h8-9,12H,3-7,11H2,1-2H3. The monoisotopic (exact) mass is 187 g/mol. The third-order valence-corrected chi connectivity index (χ3v) is 3.22. The fourth-order valence-corrected chi connectivity index (χ4v) is 1.90. The van der Waals surface area contributed by atoms with E-state index in [9.17, 15) is 5.11 Å². The van der Waals surface area contributed by atoms with E-state index in [1.807, 2.05) is 0 Å². The molecule has 0 aliphatic heterocycles. The van der Waals surface area contributed by atoms with E-state index < -0.39 is 5.60 Å². The number of rotatable bonds is 6. The molecule has 0 spiro atoms. The van der Waals surface area contributed by atoms with Crippen molar-refractivity contribution in [2.24, 2.45) is 17.6 Å². The molecule has 0 amide bonds. The molecule has 0 aromatic heterocycles. The highest BCUT2D eigenvalue weighted by Crippen LogP contribution is 2.43. The van der Waals surface area contributed by atoms with Gasteiger partial charge in [0.2, 0.25) is 0 Å². The lowest BCUT2D eigenvalue weighted by Crippen LogP contribution is -2.46. The summed E-state index contributed by atoms with van der Waals surface area (Å²) in [6, 6.07) is 0. The molecule has 2 unspecified atom stereocenters. The molecule has 1 aliphatic rings. The average molecular weight is 187 g/mol. The van der Waals surface area contributed by atoms with Gasteiger partial charge in [-0.25, -0.2) is 0 Å². The summed E-state index contributed by atoms with van der Waals surface area (Å²) in [6.45, 7) is 3.14. The van der Waals surface area contributed by atoms with Crippen LogP contribution in [0.1, 0.15) is 26.2 Å². The van der Waals surface area contributed by atoms with E-state index in [4.69, 9.17) is 10.5 Å². The minimum absolute atomic E-state index is 0.241. The van der Waals surface area contributed by atoms with Crippen LogP contribution in [0.25, 0.3) is 0 Å². The predicted octanol–water partition coefficient (Wildman–Crippen LogP) is 0.759. The molecule has 1 rings (SSSR count). The summed E-state index contributed by atoms with van der Waals surface area (Å²) in [5, 5.41) is 10.3.